The SMILES string of the molecule is CC1(C)C2CC(=O)C3(CS(N)=O)CC231.Nc1cccc(-c2ccc(CCC(=O)O)cc2)c1. The Kier molecular flexibility index (Phi) is 5.54. The molecule has 6 nitrogen and oxygen atoms in total. The topological polar surface area (TPSA) is 123 Å². The summed E-state index contributed by atoms with van der Waals surface area (Å²) in [5, 5.41) is 14.0. The molecular weight excluding hydrogens is 424 g/mol. The van der Waals surface area contributed by atoms with Crippen LogP contribution in [0.3, 0.4) is 0 Å². The Balaban J connectivity index is 0.000000157. The number of nitrogens with two attached hydrogens (primary N) is 2. The summed E-state index contributed by atoms with van der Waals surface area (Å²) in [6.45, 7) is 4.45. The monoisotopic (exact) mass is 454 g/mol. The molecule has 3 aliphatic carbocycles. The molecule has 0 amide bonds. The average Bonchev–Trinajstić information content (AvgIpc) is 3.49. The summed E-state index contributed by atoms with van der Waals surface area (Å²) in [5.41, 5.74) is 9.88. The number of hydrogen-bond donors (Lipinski definition) is 3. The second-order valence-corrected chi connectivity index (χ2v) is 10.9. The van der Waals surface area contributed by atoms with Gasteiger partial charge in [-0.1, -0.05) is 50.2 Å². The summed E-state index contributed by atoms with van der Waals surface area (Å²) in [7, 11) is -1.33. The van der Waals surface area contributed by atoms with Crippen LogP contribution in [-0.2, 0) is 27.0 Å². The van der Waals surface area contributed by atoms with Crippen molar-refractivity contribution >= 4 is 28.4 Å². The molecule has 3 saturated carbocycles. The van der Waals surface area contributed by atoms with Crippen LogP contribution in [0.4, 0.5) is 5.69 Å². The van der Waals surface area contributed by atoms with Gasteiger partial charge in [0.2, 0.25) is 0 Å². The molecule has 5 N–H and O–H groups in total. The zero-order chi connectivity index (χ0) is 23.3. The summed E-state index contributed by atoms with van der Waals surface area (Å²) in [4.78, 5) is 22.3. The molecule has 32 heavy (non-hydrogen) atoms. The van der Waals surface area contributed by atoms with Crippen molar-refractivity contribution in [3.63, 3.8) is 0 Å². The Labute approximate surface area is 191 Å². The minimum Gasteiger partial charge on any atom is -0.481 e. The largest absolute Gasteiger partial charge is 0.481 e. The van der Waals surface area contributed by atoms with Crippen LogP contribution >= 0.6 is 0 Å². The number of carboxylic acids is 1. The number of nitrogen functional groups attached to an aromatic ring is 1. The molecule has 3 aliphatic rings. The van der Waals surface area contributed by atoms with Crippen LogP contribution in [0.2, 0.25) is 0 Å². The molecule has 3 fully saturated rings. The highest BCUT2D eigenvalue weighted by molar-refractivity contribution is 7.82. The fraction of sp³-hybridized carbons (Fsp3) is 0.440. The fourth-order valence-electron chi connectivity index (χ4n) is 6.19. The van der Waals surface area contributed by atoms with Crippen molar-refractivity contribution in [2.45, 2.75) is 39.5 Å². The molecular formula is C25H30N2O4S. The van der Waals surface area contributed by atoms with E-state index in [1.54, 1.807) is 0 Å². The molecule has 2 aromatic rings. The molecule has 170 valence electrons. The zero-order valence-electron chi connectivity index (χ0n) is 18.5. The first kappa shape index (κ1) is 22.7. The van der Waals surface area contributed by atoms with E-state index < -0.39 is 17.0 Å². The molecule has 0 saturated heterocycles. The Morgan fingerprint density at radius 1 is 1.16 bits per heavy atom. The number of Topliss-reactive ketones (excluding diaryl/α,β-unsaturated/α-hetero) is 1. The van der Waals surface area contributed by atoms with Crippen LogP contribution in [0.1, 0.15) is 38.7 Å². The molecule has 7 heteroatoms. The standard InChI is InChI=1S/C15H15NO2.C10H15NO2S/c16-14-3-1-2-13(10-14)12-7-4-11(5-8-12)6-9-15(17)18;1-8(2)6-3-7(12)9(5-14(11)13)4-10(6,8)9/h1-5,7-8,10H,6,9,16H2,(H,17,18);6H,3-5,11H2,1-2H3. The van der Waals surface area contributed by atoms with Gasteiger partial charge in [-0.2, -0.15) is 0 Å². The average molecular weight is 455 g/mol. The van der Waals surface area contributed by atoms with Gasteiger partial charge in [0.25, 0.3) is 0 Å². The predicted molar refractivity (Wildman–Crippen MR) is 126 cm³/mol. The first-order chi connectivity index (χ1) is 15.0. The maximum atomic E-state index is 11.8. The molecule has 4 unspecified atom stereocenters. The quantitative estimate of drug-likeness (QED) is 0.576. The van der Waals surface area contributed by atoms with E-state index >= 15 is 0 Å². The molecule has 2 aromatic carbocycles. The second-order valence-electron chi connectivity index (χ2n) is 9.87. The van der Waals surface area contributed by atoms with E-state index in [2.05, 4.69) is 13.8 Å². The number of carboxylic acid groups (broad SMARTS) is 1. The van der Waals surface area contributed by atoms with E-state index in [9.17, 15) is 13.8 Å². The van der Waals surface area contributed by atoms with Crippen LogP contribution < -0.4 is 10.9 Å². The number of aryl methyl sites for hydroxylation is 1. The lowest BCUT2D eigenvalue weighted by atomic mass is 9.92. The van der Waals surface area contributed by atoms with Crippen molar-refractivity contribution in [2.24, 2.45) is 27.3 Å². The van der Waals surface area contributed by atoms with Gasteiger partial charge in [-0.05, 0) is 58.4 Å². The summed E-state index contributed by atoms with van der Waals surface area (Å²) >= 11 is 0. The summed E-state index contributed by atoms with van der Waals surface area (Å²) in [6, 6.07) is 15.6. The van der Waals surface area contributed by atoms with Crippen molar-refractivity contribution in [1.29, 1.82) is 0 Å². The fourth-order valence-corrected chi connectivity index (χ4v) is 7.20. The molecule has 0 aliphatic heterocycles. The number of carbonyl (C=O) groups excluding carboxylic acids is 1. The molecule has 0 bridgehead atoms. The minimum atomic E-state index is -1.33. The first-order valence-electron chi connectivity index (χ1n) is 10.9. The van der Waals surface area contributed by atoms with E-state index in [0.717, 1.165) is 28.8 Å². The molecule has 0 radical (unpaired) electrons. The highest BCUT2D eigenvalue weighted by Gasteiger charge is 2.95. The lowest BCUT2D eigenvalue weighted by Gasteiger charge is -2.14. The number of anilines is 1. The van der Waals surface area contributed by atoms with Gasteiger partial charge < -0.3 is 10.8 Å². The normalized spacial score (nSPS) is 29.2. The van der Waals surface area contributed by atoms with Gasteiger partial charge in [0.05, 0.1) is 16.7 Å². The second kappa shape index (κ2) is 7.81. The highest BCUT2D eigenvalue weighted by Crippen LogP contribution is 2.95. The molecule has 0 aromatic heterocycles. The Morgan fingerprint density at radius 2 is 1.84 bits per heavy atom. The first-order valence-corrected chi connectivity index (χ1v) is 12.2. The third-order valence-corrected chi connectivity index (χ3v) is 8.73. The van der Waals surface area contributed by atoms with E-state index in [0.29, 0.717) is 35.7 Å². The van der Waals surface area contributed by atoms with E-state index in [-0.39, 0.29) is 17.3 Å². The van der Waals surface area contributed by atoms with E-state index in [1.807, 2.05) is 48.5 Å². The van der Waals surface area contributed by atoms with Gasteiger partial charge in [-0.15, -0.1) is 0 Å². The van der Waals surface area contributed by atoms with Crippen LogP contribution in [-0.4, -0.2) is 26.8 Å². The van der Waals surface area contributed by atoms with Gasteiger partial charge in [-0.3, -0.25) is 14.7 Å². The number of benzene rings is 2. The van der Waals surface area contributed by atoms with Crippen LogP contribution in [0.15, 0.2) is 48.5 Å². The third kappa shape index (κ3) is 3.57. The minimum absolute atomic E-state index is 0.164. The molecule has 0 heterocycles. The van der Waals surface area contributed by atoms with E-state index in [1.165, 1.54) is 0 Å². The predicted octanol–water partition coefficient (Wildman–Crippen LogP) is 3.57. The van der Waals surface area contributed by atoms with Gasteiger partial charge in [0.1, 0.15) is 5.78 Å². The number of carbonyl (C=O) groups is 2. The van der Waals surface area contributed by atoms with Crippen molar-refractivity contribution in [3.05, 3.63) is 54.1 Å². The zero-order valence-corrected chi connectivity index (χ0v) is 19.3. The van der Waals surface area contributed by atoms with Gasteiger partial charge in [-0.25, -0.2) is 4.21 Å². The number of aliphatic carboxylic acids is 1. The van der Waals surface area contributed by atoms with Crippen molar-refractivity contribution in [1.82, 2.24) is 0 Å². The Hall–Kier alpha value is -2.51. The summed E-state index contributed by atoms with van der Waals surface area (Å²) in [5.74, 6) is 0.493. The van der Waals surface area contributed by atoms with Crippen LogP contribution in [0.25, 0.3) is 11.1 Å². The van der Waals surface area contributed by atoms with E-state index in [4.69, 9.17) is 16.0 Å². The summed E-state index contributed by atoms with van der Waals surface area (Å²) < 4.78 is 11.1. The smallest absolute Gasteiger partial charge is 0.303 e. The Morgan fingerprint density at radius 3 is 2.38 bits per heavy atom. The van der Waals surface area contributed by atoms with Gasteiger partial charge in [0.15, 0.2) is 0 Å². The van der Waals surface area contributed by atoms with Gasteiger partial charge in [0, 0.05) is 23.9 Å². The van der Waals surface area contributed by atoms with Crippen molar-refractivity contribution < 1.29 is 18.9 Å². The number of rotatable bonds is 6. The van der Waals surface area contributed by atoms with Crippen molar-refractivity contribution in [2.75, 3.05) is 11.5 Å². The van der Waals surface area contributed by atoms with Gasteiger partial charge >= 0.3 is 5.97 Å². The molecule has 1 spiro atoms. The van der Waals surface area contributed by atoms with Crippen molar-refractivity contribution in [3.8, 4) is 11.1 Å². The summed E-state index contributed by atoms with van der Waals surface area (Å²) in [6.07, 6.45) is 2.37. The van der Waals surface area contributed by atoms with Crippen LogP contribution in [0.5, 0.6) is 0 Å². The molecule has 4 atom stereocenters. The lowest BCUT2D eigenvalue weighted by molar-refractivity contribution is -0.137. The maximum Gasteiger partial charge on any atom is 0.303 e. The number of ketones is 1. The highest BCUT2D eigenvalue weighted by atomic mass is 32.2. The maximum absolute atomic E-state index is 11.8. The van der Waals surface area contributed by atoms with Crippen LogP contribution in [0, 0.1) is 22.2 Å². The third-order valence-electron chi connectivity index (χ3n) is 7.96. The Bertz CT molecular complexity index is 1100. The molecule has 5 rings (SSSR count). The number of hydrogen-bond acceptors (Lipinski definition) is 4. The lowest BCUT2D eigenvalue weighted by Crippen LogP contribution is -2.27.